The average molecular weight is 294 g/mol. The van der Waals surface area contributed by atoms with E-state index in [1.165, 1.54) is 0 Å². The Labute approximate surface area is 122 Å². The van der Waals surface area contributed by atoms with Crippen molar-refractivity contribution in [2.24, 2.45) is 5.73 Å². The Morgan fingerprint density at radius 2 is 1.86 bits per heavy atom. The Kier molecular flexibility index (Phi) is 6.73. The molecule has 0 aliphatic rings. The van der Waals surface area contributed by atoms with Crippen LogP contribution in [0.1, 0.15) is 18.9 Å². The van der Waals surface area contributed by atoms with E-state index in [-0.39, 0.29) is 19.6 Å². The van der Waals surface area contributed by atoms with E-state index in [1.807, 2.05) is 18.2 Å². The highest BCUT2D eigenvalue weighted by Crippen LogP contribution is 2.02. The third-order valence-corrected chi connectivity index (χ3v) is 2.48. The normalized spacial score (nSPS) is 11.3. The molecule has 114 valence electrons. The topological polar surface area (TPSA) is 108 Å². The number of ether oxygens (including phenoxy) is 2. The number of hydrogen-bond acceptors (Lipinski definition) is 5. The molecule has 1 aromatic carbocycles. The minimum absolute atomic E-state index is 0.0544. The Balaban J connectivity index is 2.51. The van der Waals surface area contributed by atoms with Crippen molar-refractivity contribution in [1.29, 1.82) is 0 Å². The van der Waals surface area contributed by atoms with Crippen molar-refractivity contribution in [2.45, 2.75) is 26.0 Å². The van der Waals surface area contributed by atoms with E-state index in [9.17, 15) is 14.4 Å². The molecule has 0 saturated carbocycles. The summed E-state index contributed by atoms with van der Waals surface area (Å²) in [5.74, 6) is -1.45. The van der Waals surface area contributed by atoms with Gasteiger partial charge in [-0.1, -0.05) is 30.3 Å². The van der Waals surface area contributed by atoms with Crippen LogP contribution in [-0.2, 0) is 25.7 Å². The summed E-state index contributed by atoms with van der Waals surface area (Å²) in [6.07, 6.45) is -1.17. The molecule has 1 rings (SSSR count). The maximum Gasteiger partial charge on any atom is 0.408 e. The van der Waals surface area contributed by atoms with Crippen molar-refractivity contribution < 1.29 is 23.9 Å². The van der Waals surface area contributed by atoms with E-state index in [0.29, 0.717) is 0 Å². The molecule has 0 aliphatic carbocycles. The largest absolute Gasteiger partial charge is 0.464 e. The summed E-state index contributed by atoms with van der Waals surface area (Å²) in [7, 11) is 0. The molecule has 0 aliphatic heterocycles. The van der Waals surface area contributed by atoms with E-state index in [2.05, 4.69) is 5.32 Å². The first-order valence-electron chi connectivity index (χ1n) is 6.45. The molecular formula is C14H18N2O5. The SMILES string of the molecule is CCOC(=O)[C@@H](CC(N)=O)NC(=O)OCc1ccccc1. The zero-order valence-corrected chi connectivity index (χ0v) is 11.7. The zero-order valence-electron chi connectivity index (χ0n) is 11.7. The number of carbonyl (C=O) groups excluding carboxylic acids is 3. The lowest BCUT2D eigenvalue weighted by Gasteiger charge is -2.15. The Morgan fingerprint density at radius 1 is 1.19 bits per heavy atom. The Hall–Kier alpha value is -2.57. The molecule has 2 amide bonds. The van der Waals surface area contributed by atoms with E-state index < -0.39 is 24.0 Å². The predicted molar refractivity (Wildman–Crippen MR) is 74.0 cm³/mol. The summed E-state index contributed by atoms with van der Waals surface area (Å²) in [6, 6.07) is 7.90. The Bertz CT molecular complexity index is 489. The monoisotopic (exact) mass is 294 g/mol. The molecule has 7 nitrogen and oxygen atoms in total. The van der Waals surface area contributed by atoms with Crippen LogP contribution in [0.15, 0.2) is 30.3 Å². The van der Waals surface area contributed by atoms with Gasteiger partial charge in [0, 0.05) is 0 Å². The van der Waals surface area contributed by atoms with Gasteiger partial charge in [0.2, 0.25) is 5.91 Å². The minimum atomic E-state index is -1.15. The number of nitrogens with two attached hydrogens (primary N) is 1. The average Bonchev–Trinajstić information content (AvgIpc) is 2.45. The molecule has 0 saturated heterocycles. The summed E-state index contributed by atoms with van der Waals surface area (Å²) in [5.41, 5.74) is 5.83. The number of carbonyl (C=O) groups is 3. The summed E-state index contributed by atoms with van der Waals surface area (Å²) >= 11 is 0. The molecule has 1 aromatic rings. The molecule has 0 fully saturated rings. The number of rotatable bonds is 7. The molecule has 1 atom stereocenters. The first-order chi connectivity index (χ1) is 10.0. The number of primary amides is 1. The lowest BCUT2D eigenvalue weighted by atomic mass is 10.2. The van der Waals surface area contributed by atoms with Crippen LogP contribution >= 0.6 is 0 Å². The van der Waals surface area contributed by atoms with Gasteiger partial charge in [-0.05, 0) is 12.5 Å². The smallest absolute Gasteiger partial charge is 0.408 e. The van der Waals surface area contributed by atoms with Gasteiger partial charge in [0.15, 0.2) is 0 Å². The maximum absolute atomic E-state index is 11.6. The lowest BCUT2D eigenvalue weighted by Crippen LogP contribution is -2.44. The van der Waals surface area contributed by atoms with Crippen molar-refractivity contribution in [3.63, 3.8) is 0 Å². The quantitative estimate of drug-likeness (QED) is 0.720. The lowest BCUT2D eigenvalue weighted by molar-refractivity contribution is -0.146. The van der Waals surface area contributed by atoms with Crippen LogP contribution in [0.4, 0.5) is 4.79 Å². The molecular weight excluding hydrogens is 276 g/mol. The predicted octanol–water partition coefficient (Wildman–Crippen LogP) is 0.720. The first-order valence-corrected chi connectivity index (χ1v) is 6.45. The number of nitrogens with one attached hydrogen (secondary N) is 1. The van der Waals surface area contributed by atoms with E-state index in [0.717, 1.165) is 5.56 Å². The highest BCUT2D eigenvalue weighted by atomic mass is 16.6. The number of alkyl carbamates (subject to hydrolysis) is 1. The summed E-state index contributed by atoms with van der Waals surface area (Å²) in [4.78, 5) is 34.1. The second-order valence-corrected chi connectivity index (χ2v) is 4.18. The van der Waals surface area contributed by atoms with Crippen molar-refractivity contribution in [3.8, 4) is 0 Å². The number of esters is 1. The molecule has 3 N–H and O–H groups in total. The van der Waals surface area contributed by atoms with Crippen LogP contribution in [0.25, 0.3) is 0 Å². The van der Waals surface area contributed by atoms with Gasteiger partial charge in [-0.3, -0.25) is 4.79 Å². The Morgan fingerprint density at radius 3 is 2.43 bits per heavy atom. The van der Waals surface area contributed by atoms with Gasteiger partial charge in [-0.25, -0.2) is 9.59 Å². The van der Waals surface area contributed by atoms with Gasteiger partial charge in [0.1, 0.15) is 12.6 Å². The van der Waals surface area contributed by atoms with Gasteiger partial charge in [0.05, 0.1) is 13.0 Å². The summed E-state index contributed by atoms with van der Waals surface area (Å²) in [5, 5.41) is 2.27. The van der Waals surface area contributed by atoms with Crippen LogP contribution in [0.2, 0.25) is 0 Å². The fourth-order valence-corrected chi connectivity index (χ4v) is 1.54. The third kappa shape index (κ3) is 6.42. The van der Waals surface area contributed by atoms with E-state index >= 15 is 0 Å². The van der Waals surface area contributed by atoms with Crippen molar-refractivity contribution >= 4 is 18.0 Å². The molecule has 0 bridgehead atoms. The van der Waals surface area contributed by atoms with Crippen molar-refractivity contribution in [2.75, 3.05) is 6.61 Å². The minimum Gasteiger partial charge on any atom is -0.464 e. The standard InChI is InChI=1S/C14H18N2O5/c1-2-20-13(18)11(8-12(15)17)16-14(19)21-9-10-6-4-3-5-7-10/h3-7,11H,2,8-9H2,1H3,(H2,15,17)(H,16,19)/t11-/m1/s1. The molecule has 0 heterocycles. The fraction of sp³-hybridized carbons (Fsp3) is 0.357. The summed E-state index contributed by atoms with van der Waals surface area (Å²) in [6.45, 7) is 1.81. The second kappa shape index (κ2) is 8.57. The molecule has 0 spiro atoms. The molecule has 7 heteroatoms. The van der Waals surface area contributed by atoms with E-state index in [1.54, 1.807) is 19.1 Å². The van der Waals surface area contributed by atoms with Crippen LogP contribution in [0.3, 0.4) is 0 Å². The van der Waals surface area contributed by atoms with Gasteiger partial charge in [-0.2, -0.15) is 0 Å². The van der Waals surface area contributed by atoms with E-state index in [4.69, 9.17) is 15.2 Å². The molecule has 0 radical (unpaired) electrons. The molecule has 21 heavy (non-hydrogen) atoms. The molecule has 0 unspecified atom stereocenters. The van der Waals surface area contributed by atoms with Gasteiger partial charge >= 0.3 is 12.1 Å². The summed E-state index contributed by atoms with van der Waals surface area (Å²) < 4.78 is 9.71. The first kappa shape index (κ1) is 16.5. The van der Waals surface area contributed by atoms with Crippen LogP contribution in [-0.4, -0.2) is 30.6 Å². The van der Waals surface area contributed by atoms with Crippen molar-refractivity contribution in [1.82, 2.24) is 5.32 Å². The highest BCUT2D eigenvalue weighted by molar-refractivity contribution is 5.87. The molecule has 0 aromatic heterocycles. The number of hydrogen-bond donors (Lipinski definition) is 2. The second-order valence-electron chi connectivity index (χ2n) is 4.18. The number of benzene rings is 1. The van der Waals surface area contributed by atoms with Crippen molar-refractivity contribution in [3.05, 3.63) is 35.9 Å². The van der Waals surface area contributed by atoms with Crippen LogP contribution < -0.4 is 11.1 Å². The fourth-order valence-electron chi connectivity index (χ4n) is 1.54. The van der Waals surface area contributed by atoms with Crippen LogP contribution in [0, 0.1) is 0 Å². The van der Waals surface area contributed by atoms with Gasteiger partial charge < -0.3 is 20.5 Å². The van der Waals surface area contributed by atoms with Gasteiger partial charge in [-0.15, -0.1) is 0 Å². The number of amides is 2. The highest BCUT2D eigenvalue weighted by Gasteiger charge is 2.24. The third-order valence-electron chi connectivity index (χ3n) is 2.48. The maximum atomic E-state index is 11.6. The van der Waals surface area contributed by atoms with Gasteiger partial charge in [0.25, 0.3) is 0 Å². The van der Waals surface area contributed by atoms with Crippen LogP contribution in [0.5, 0.6) is 0 Å². The zero-order chi connectivity index (χ0) is 15.7.